The molecular formula is C22H21NO3. The van der Waals surface area contributed by atoms with Crippen LogP contribution >= 0.6 is 0 Å². The fraction of sp³-hybridized carbons (Fsp3) is 0.318. The number of aryl methyl sites for hydroxylation is 1. The summed E-state index contributed by atoms with van der Waals surface area (Å²) in [6.45, 7) is 3.43. The van der Waals surface area contributed by atoms with Gasteiger partial charge in [-0.05, 0) is 49.4 Å². The second-order valence-corrected chi connectivity index (χ2v) is 7.23. The van der Waals surface area contributed by atoms with Crippen LogP contribution in [0.4, 0.5) is 0 Å². The predicted molar refractivity (Wildman–Crippen MR) is 100 cm³/mol. The minimum absolute atomic E-state index is 0.174. The molecule has 0 bridgehead atoms. The molecule has 0 N–H and O–H groups in total. The van der Waals surface area contributed by atoms with Crippen LogP contribution in [0.15, 0.2) is 51.7 Å². The minimum atomic E-state index is -0.174. The Balaban J connectivity index is 1.59. The zero-order valence-corrected chi connectivity index (χ0v) is 14.8. The molecule has 3 aromatic rings. The van der Waals surface area contributed by atoms with E-state index in [9.17, 15) is 4.79 Å². The molecule has 1 unspecified atom stereocenters. The number of hydrogen-bond donors (Lipinski definition) is 0. The van der Waals surface area contributed by atoms with E-state index in [-0.39, 0.29) is 11.7 Å². The summed E-state index contributed by atoms with van der Waals surface area (Å²) in [5.41, 5.74) is 4.81. The Morgan fingerprint density at radius 2 is 1.81 bits per heavy atom. The molecule has 4 heteroatoms. The van der Waals surface area contributed by atoms with Gasteiger partial charge in [-0.3, -0.25) is 4.90 Å². The van der Waals surface area contributed by atoms with Crippen LogP contribution < -0.4 is 10.4 Å². The van der Waals surface area contributed by atoms with Crippen molar-refractivity contribution in [2.24, 2.45) is 0 Å². The summed E-state index contributed by atoms with van der Waals surface area (Å²) in [4.78, 5) is 14.7. The summed E-state index contributed by atoms with van der Waals surface area (Å²) in [6, 6.07) is 14.7. The molecule has 4 nitrogen and oxygen atoms in total. The smallest absolute Gasteiger partial charge is 0.339 e. The van der Waals surface area contributed by atoms with Crippen LogP contribution in [-0.4, -0.2) is 11.6 Å². The Bertz CT molecular complexity index is 1040. The zero-order chi connectivity index (χ0) is 17.7. The third-order valence-electron chi connectivity index (χ3n) is 5.78. The van der Waals surface area contributed by atoms with E-state index in [1.807, 2.05) is 12.1 Å². The number of hydrogen-bond acceptors (Lipinski definition) is 4. The van der Waals surface area contributed by atoms with Gasteiger partial charge in [0.15, 0.2) is 0 Å². The van der Waals surface area contributed by atoms with Gasteiger partial charge in [-0.15, -0.1) is 0 Å². The van der Waals surface area contributed by atoms with Crippen LogP contribution in [0.5, 0.6) is 5.75 Å². The van der Waals surface area contributed by atoms with Crippen molar-refractivity contribution in [3.8, 4) is 5.75 Å². The molecule has 1 aliphatic heterocycles. The highest BCUT2D eigenvalue weighted by atomic mass is 16.5. The Morgan fingerprint density at radius 3 is 2.65 bits per heavy atom. The molecule has 2 aromatic carbocycles. The van der Waals surface area contributed by atoms with Crippen LogP contribution in [-0.2, 0) is 19.4 Å². The van der Waals surface area contributed by atoms with Gasteiger partial charge >= 0.3 is 5.63 Å². The van der Waals surface area contributed by atoms with Crippen molar-refractivity contribution in [2.45, 2.75) is 38.8 Å². The maximum atomic E-state index is 12.4. The quantitative estimate of drug-likeness (QED) is 0.652. The molecule has 0 saturated heterocycles. The van der Waals surface area contributed by atoms with Crippen LogP contribution in [0, 0.1) is 0 Å². The van der Waals surface area contributed by atoms with Crippen LogP contribution in [0.1, 0.15) is 41.6 Å². The number of benzene rings is 2. The predicted octanol–water partition coefficient (Wildman–Crippen LogP) is 4.19. The van der Waals surface area contributed by atoms with Crippen molar-refractivity contribution in [3.63, 3.8) is 0 Å². The van der Waals surface area contributed by atoms with Crippen molar-refractivity contribution < 1.29 is 9.15 Å². The van der Waals surface area contributed by atoms with Gasteiger partial charge < -0.3 is 9.15 Å². The van der Waals surface area contributed by atoms with E-state index in [1.165, 1.54) is 11.1 Å². The van der Waals surface area contributed by atoms with Gasteiger partial charge in [-0.2, -0.15) is 0 Å². The van der Waals surface area contributed by atoms with Gasteiger partial charge in [0.25, 0.3) is 0 Å². The van der Waals surface area contributed by atoms with Gasteiger partial charge in [0.1, 0.15) is 18.1 Å². The number of fused-ring (bicyclic) bond motifs is 5. The highest BCUT2D eigenvalue weighted by Crippen LogP contribution is 2.37. The summed E-state index contributed by atoms with van der Waals surface area (Å²) in [5.74, 6) is 0.829. The van der Waals surface area contributed by atoms with E-state index in [0.29, 0.717) is 18.9 Å². The maximum Gasteiger partial charge on any atom is 0.339 e. The molecule has 2 heterocycles. The van der Waals surface area contributed by atoms with Crippen molar-refractivity contribution in [2.75, 3.05) is 6.73 Å². The summed E-state index contributed by atoms with van der Waals surface area (Å²) in [6.07, 6.45) is 2.82. The first-order chi connectivity index (χ1) is 12.7. The van der Waals surface area contributed by atoms with Crippen molar-refractivity contribution in [1.29, 1.82) is 0 Å². The highest BCUT2D eigenvalue weighted by molar-refractivity contribution is 5.86. The molecule has 0 amide bonds. The molecule has 0 saturated carbocycles. The normalized spacial score (nSPS) is 17.6. The lowest BCUT2D eigenvalue weighted by Gasteiger charge is -2.34. The summed E-state index contributed by atoms with van der Waals surface area (Å²) in [5, 5.41) is 1.08. The van der Waals surface area contributed by atoms with Gasteiger partial charge in [0.2, 0.25) is 0 Å². The molecule has 0 spiro atoms. The summed E-state index contributed by atoms with van der Waals surface area (Å²) < 4.78 is 11.8. The molecule has 1 aromatic heterocycles. The SMILES string of the molecule is CC(c1ccccc1)N1COc2ccc3c4c(c(=O)oc3c2C1)CCC4. The third-order valence-corrected chi connectivity index (χ3v) is 5.78. The van der Waals surface area contributed by atoms with E-state index in [4.69, 9.17) is 9.15 Å². The Morgan fingerprint density at radius 1 is 1.00 bits per heavy atom. The Hall–Kier alpha value is -2.59. The second-order valence-electron chi connectivity index (χ2n) is 7.23. The second kappa shape index (κ2) is 5.99. The Labute approximate surface area is 152 Å². The van der Waals surface area contributed by atoms with Crippen LogP contribution in [0.3, 0.4) is 0 Å². The fourth-order valence-corrected chi connectivity index (χ4v) is 4.26. The van der Waals surface area contributed by atoms with E-state index in [1.54, 1.807) is 0 Å². The van der Waals surface area contributed by atoms with E-state index in [2.05, 4.69) is 42.2 Å². The van der Waals surface area contributed by atoms with Gasteiger partial charge in [0, 0.05) is 23.5 Å². The molecule has 1 aliphatic carbocycles. The van der Waals surface area contributed by atoms with Gasteiger partial charge in [-0.1, -0.05) is 30.3 Å². The molecular weight excluding hydrogens is 326 g/mol. The van der Waals surface area contributed by atoms with Gasteiger partial charge in [0.05, 0.1) is 5.56 Å². The van der Waals surface area contributed by atoms with Crippen LogP contribution in [0.2, 0.25) is 0 Å². The van der Waals surface area contributed by atoms with Crippen LogP contribution in [0.25, 0.3) is 11.0 Å². The topological polar surface area (TPSA) is 42.7 Å². The fourth-order valence-electron chi connectivity index (χ4n) is 4.26. The molecule has 26 heavy (non-hydrogen) atoms. The van der Waals surface area contributed by atoms with Crippen molar-refractivity contribution in [1.82, 2.24) is 4.90 Å². The van der Waals surface area contributed by atoms with E-state index >= 15 is 0 Å². The van der Waals surface area contributed by atoms with Gasteiger partial charge in [-0.25, -0.2) is 4.79 Å². The third kappa shape index (κ3) is 2.36. The first-order valence-corrected chi connectivity index (χ1v) is 9.24. The lowest BCUT2D eigenvalue weighted by atomic mass is 10.0. The number of ether oxygens (including phenoxy) is 1. The first kappa shape index (κ1) is 15.6. The minimum Gasteiger partial charge on any atom is -0.478 e. The van der Waals surface area contributed by atoms with E-state index < -0.39 is 0 Å². The molecule has 1 atom stereocenters. The van der Waals surface area contributed by atoms with Crippen molar-refractivity contribution in [3.05, 3.63) is 75.1 Å². The standard InChI is InChI=1S/C22H21NO3/c1-14(15-6-3-2-4-7-15)23-12-19-20(25-13-23)11-10-17-16-8-5-9-18(16)22(24)26-21(17)19/h2-4,6-7,10-11,14H,5,8-9,12-13H2,1H3. The Kier molecular flexibility index (Phi) is 3.61. The first-order valence-electron chi connectivity index (χ1n) is 9.24. The molecule has 2 aliphatic rings. The largest absolute Gasteiger partial charge is 0.478 e. The summed E-state index contributed by atoms with van der Waals surface area (Å²) in [7, 11) is 0. The lowest BCUT2D eigenvalue weighted by Crippen LogP contribution is -2.34. The highest BCUT2D eigenvalue weighted by Gasteiger charge is 2.28. The molecule has 5 rings (SSSR count). The lowest BCUT2D eigenvalue weighted by molar-refractivity contribution is 0.0620. The summed E-state index contributed by atoms with van der Waals surface area (Å²) >= 11 is 0. The number of nitrogens with zero attached hydrogens (tertiary/aromatic N) is 1. The maximum absolute atomic E-state index is 12.4. The average molecular weight is 347 g/mol. The number of rotatable bonds is 2. The molecule has 0 radical (unpaired) electrons. The monoisotopic (exact) mass is 347 g/mol. The van der Waals surface area contributed by atoms with Crippen molar-refractivity contribution >= 4 is 11.0 Å². The zero-order valence-electron chi connectivity index (χ0n) is 14.8. The average Bonchev–Trinajstić information content (AvgIpc) is 3.18. The van der Waals surface area contributed by atoms with E-state index in [0.717, 1.165) is 41.5 Å². The molecule has 0 fully saturated rings. The molecule has 132 valence electrons.